The average Bonchev–Trinajstić information content (AvgIpc) is 3.22. The summed E-state index contributed by atoms with van der Waals surface area (Å²) in [5.41, 5.74) is 6.00. The van der Waals surface area contributed by atoms with Gasteiger partial charge in [-0.25, -0.2) is 14.2 Å². The Kier molecular flexibility index (Phi) is 6.27. The summed E-state index contributed by atoms with van der Waals surface area (Å²) in [6.07, 6.45) is 2.60. The molecule has 0 unspecified atom stereocenters. The molecule has 0 fully saturated rings. The Hall–Kier alpha value is -2.72. The number of aryl methyl sites for hydroxylation is 1. The third-order valence-electron chi connectivity index (χ3n) is 4.41. The van der Waals surface area contributed by atoms with Gasteiger partial charge in [-0.2, -0.15) is 8.42 Å². The van der Waals surface area contributed by atoms with Crippen molar-refractivity contribution in [2.45, 2.75) is 37.9 Å². The van der Waals surface area contributed by atoms with E-state index in [1.807, 2.05) is 20.8 Å². The van der Waals surface area contributed by atoms with Gasteiger partial charge in [-0.1, -0.05) is 26.0 Å². The summed E-state index contributed by atoms with van der Waals surface area (Å²) in [6, 6.07) is 6.23. The molecule has 3 rings (SSSR count). The van der Waals surface area contributed by atoms with E-state index < -0.39 is 22.0 Å². The third-order valence-corrected chi connectivity index (χ3v) is 7.28. The third kappa shape index (κ3) is 4.88. The number of nitrogens with zero attached hydrogens (tertiary/aromatic N) is 2. The first-order valence-corrected chi connectivity index (χ1v) is 11.4. The van der Waals surface area contributed by atoms with E-state index in [1.54, 1.807) is 35.2 Å². The number of aromatic nitrogens is 2. The van der Waals surface area contributed by atoms with E-state index in [1.165, 1.54) is 6.07 Å². The van der Waals surface area contributed by atoms with E-state index >= 15 is 0 Å². The number of hydrogen-bond donors (Lipinski definition) is 1. The Morgan fingerprint density at radius 1 is 1.33 bits per heavy atom. The highest BCUT2D eigenvalue weighted by Crippen LogP contribution is 2.37. The molecule has 30 heavy (non-hydrogen) atoms. The van der Waals surface area contributed by atoms with E-state index in [0.717, 1.165) is 22.0 Å². The van der Waals surface area contributed by atoms with E-state index in [-0.39, 0.29) is 15.7 Å². The molecule has 0 radical (unpaired) electrons. The predicted octanol–water partition coefficient (Wildman–Crippen LogP) is 4.09. The number of hydrogen-bond acceptors (Lipinski definition) is 6. The largest absolute Gasteiger partial charge is 0.420 e. The second-order valence-corrected chi connectivity index (χ2v) is 10.2. The number of benzene rings is 1. The minimum Gasteiger partial charge on any atom is -0.334 e. The molecule has 1 amide bonds. The summed E-state index contributed by atoms with van der Waals surface area (Å²) in [5, 5.41) is 0. The van der Waals surface area contributed by atoms with Crippen molar-refractivity contribution in [1.82, 2.24) is 9.55 Å². The Morgan fingerprint density at radius 3 is 2.63 bits per heavy atom. The Labute approximate surface area is 178 Å². The van der Waals surface area contributed by atoms with Crippen LogP contribution in [-0.4, -0.2) is 24.1 Å². The number of halogens is 1. The number of carbonyl (C=O) groups excluding carboxylic acids is 1. The molecule has 1 aromatic carbocycles. The van der Waals surface area contributed by atoms with Gasteiger partial charge in [0.2, 0.25) is 0 Å². The highest BCUT2D eigenvalue weighted by atomic mass is 32.3. The molecule has 160 valence electrons. The zero-order valence-corrected chi connectivity index (χ0v) is 18.4. The molecule has 0 aliphatic rings. The van der Waals surface area contributed by atoms with Gasteiger partial charge in [0.05, 0.1) is 6.54 Å². The van der Waals surface area contributed by atoms with Crippen LogP contribution in [0, 0.1) is 18.7 Å². The first-order valence-electron chi connectivity index (χ1n) is 9.20. The molecule has 7 nitrogen and oxygen atoms in total. The zero-order valence-electron chi connectivity index (χ0n) is 16.8. The molecular weight excluding hydrogens is 429 g/mol. The maximum Gasteiger partial charge on any atom is 0.420 e. The normalized spacial score (nSPS) is 11.8. The van der Waals surface area contributed by atoms with Gasteiger partial charge < -0.3 is 14.5 Å². The van der Waals surface area contributed by atoms with Gasteiger partial charge in [0.25, 0.3) is 0 Å². The van der Waals surface area contributed by atoms with Crippen LogP contribution in [-0.2, 0) is 27.3 Å². The lowest BCUT2D eigenvalue weighted by Gasteiger charge is -2.09. The van der Waals surface area contributed by atoms with Crippen LogP contribution in [0.1, 0.15) is 30.1 Å². The lowest BCUT2D eigenvalue weighted by atomic mass is 10.0. The van der Waals surface area contributed by atoms with Gasteiger partial charge in [0.1, 0.15) is 11.6 Å². The van der Waals surface area contributed by atoms with Crippen molar-refractivity contribution in [3.63, 3.8) is 0 Å². The summed E-state index contributed by atoms with van der Waals surface area (Å²) >= 11 is 0.992. The number of carbonyl (C=O) groups is 1. The summed E-state index contributed by atoms with van der Waals surface area (Å²) < 4.78 is 45.9. The van der Waals surface area contributed by atoms with E-state index in [9.17, 15) is 17.6 Å². The van der Waals surface area contributed by atoms with Gasteiger partial charge >= 0.3 is 16.2 Å². The van der Waals surface area contributed by atoms with Crippen molar-refractivity contribution in [3.8, 4) is 11.1 Å². The van der Waals surface area contributed by atoms with Crippen LogP contribution in [0.5, 0.6) is 0 Å². The number of rotatable bonds is 7. The maximum absolute atomic E-state index is 14.8. The first-order chi connectivity index (χ1) is 14.1. The van der Waals surface area contributed by atoms with Crippen molar-refractivity contribution < 1.29 is 21.8 Å². The van der Waals surface area contributed by atoms with Crippen LogP contribution in [0.2, 0.25) is 0 Å². The van der Waals surface area contributed by atoms with Crippen molar-refractivity contribution in [2.24, 2.45) is 11.7 Å². The number of amides is 1. The number of nitrogens with two attached hydrogens (primary N) is 1. The number of primary amides is 1. The lowest BCUT2D eigenvalue weighted by molar-refractivity contribution is 0.213. The average molecular weight is 452 g/mol. The van der Waals surface area contributed by atoms with Crippen LogP contribution >= 0.6 is 11.3 Å². The summed E-state index contributed by atoms with van der Waals surface area (Å²) in [4.78, 5) is 16.0. The molecule has 0 saturated carbocycles. The fourth-order valence-corrected chi connectivity index (χ4v) is 5.74. The second-order valence-electron chi connectivity index (χ2n) is 7.28. The molecule has 0 atom stereocenters. The fourth-order valence-electron chi connectivity index (χ4n) is 3.06. The quantitative estimate of drug-likeness (QED) is 0.545. The second kappa shape index (κ2) is 8.57. The molecule has 0 aliphatic carbocycles. The van der Waals surface area contributed by atoms with Gasteiger partial charge in [-0.05, 0) is 37.0 Å². The standard InChI is InChI=1S/C20H22FN3O4S2/c1-12(2)8-16-10-17(19(29-16)30(26,27)28-20(22)25)14-4-5-15(18(21)9-14)11-24-7-6-23-13(24)3/h4-7,9-10,12H,8,11H2,1-3H3,(H2,22,25). The minimum atomic E-state index is -4.41. The maximum atomic E-state index is 14.8. The Balaban J connectivity index is 2.03. The van der Waals surface area contributed by atoms with E-state index in [4.69, 9.17) is 5.73 Å². The van der Waals surface area contributed by atoms with Gasteiger partial charge in [0.15, 0.2) is 4.21 Å². The molecule has 2 heterocycles. The predicted molar refractivity (Wildman–Crippen MR) is 112 cm³/mol. The van der Waals surface area contributed by atoms with Crippen LogP contribution in [0.4, 0.5) is 9.18 Å². The van der Waals surface area contributed by atoms with Crippen molar-refractivity contribution in [1.29, 1.82) is 0 Å². The summed E-state index contributed by atoms with van der Waals surface area (Å²) in [5.74, 6) is 0.560. The summed E-state index contributed by atoms with van der Waals surface area (Å²) in [6.45, 7) is 6.12. The molecular formula is C20H22FN3O4S2. The Morgan fingerprint density at radius 2 is 2.07 bits per heavy atom. The van der Waals surface area contributed by atoms with Gasteiger partial charge in [-0.3, -0.25) is 0 Å². The molecule has 10 heteroatoms. The Bertz CT molecular complexity index is 1180. The van der Waals surface area contributed by atoms with Crippen molar-refractivity contribution >= 4 is 27.5 Å². The van der Waals surface area contributed by atoms with Crippen LogP contribution in [0.3, 0.4) is 0 Å². The first kappa shape index (κ1) is 22.0. The highest BCUT2D eigenvalue weighted by Gasteiger charge is 2.27. The van der Waals surface area contributed by atoms with Crippen LogP contribution < -0.4 is 5.73 Å². The highest BCUT2D eigenvalue weighted by molar-refractivity contribution is 7.89. The topological polar surface area (TPSA) is 104 Å². The monoisotopic (exact) mass is 451 g/mol. The molecule has 0 saturated heterocycles. The van der Waals surface area contributed by atoms with Gasteiger partial charge in [-0.15, -0.1) is 11.3 Å². The van der Waals surface area contributed by atoms with Crippen molar-refractivity contribution in [2.75, 3.05) is 0 Å². The molecule has 3 aromatic rings. The molecule has 0 aliphatic heterocycles. The van der Waals surface area contributed by atoms with Gasteiger partial charge in [0, 0.05) is 28.4 Å². The zero-order chi connectivity index (χ0) is 22.1. The number of thiophene rings is 1. The smallest absolute Gasteiger partial charge is 0.334 e. The van der Waals surface area contributed by atoms with E-state index in [2.05, 4.69) is 9.17 Å². The molecule has 2 N–H and O–H groups in total. The van der Waals surface area contributed by atoms with Crippen molar-refractivity contribution in [3.05, 3.63) is 58.7 Å². The summed E-state index contributed by atoms with van der Waals surface area (Å²) in [7, 11) is -4.41. The SMILES string of the molecule is Cc1nccn1Cc1ccc(-c2cc(CC(C)C)sc2S(=O)(=O)OC(N)=O)cc1F. The molecule has 0 spiro atoms. The molecule has 2 aromatic heterocycles. The van der Waals surface area contributed by atoms with Crippen LogP contribution in [0.25, 0.3) is 11.1 Å². The number of imidazole rings is 1. The van der Waals surface area contributed by atoms with Crippen LogP contribution in [0.15, 0.2) is 40.9 Å². The minimum absolute atomic E-state index is 0.172. The fraction of sp³-hybridized carbons (Fsp3) is 0.300. The lowest BCUT2D eigenvalue weighted by Crippen LogP contribution is -2.18. The molecule has 0 bridgehead atoms. The van der Waals surface area contributed by atoms with E-state index in [0.29, 0.717) is 24.1 Å².